The van der Waals surface area contributed by atoms with Gasteiger partial charge in [-0.2, -0.15) is 5.10 Å². The minimum absolute atomic E-state index is 0.0617. The van der Waals surface area contributed by atoms with Crippen LogP contribution in [0.25, 0.3) is 0 Å². The molecule has 7 nitrogen and oxygen atoms in total. The normalized spacial score (nSPS) is 19.3. The molecule has 0 saturated carbocycles. The highest BCUT2D eigenvalue weighted by Gasteiger charge is 2.34. The molecule has 1 saturated heterocycles. The van der Waals surface area contributed by atoms with E-state index in [0.717, 1.165) is 37.3 Å². The van der Waals surface area contributed by atoms with E-state index in [9.17, 15) is 9.59 Å². The predicted octanol–water partition coefficient (Wildman–Crippen LogP) is 2.13. The van der Waals surface area contributed by atoms with E-state index in [-0.39, 0.29) is 17.9 Å². The van der Waals surface area contributed by atoms with Gasteiger partial charge in [0.2, 0.25) is 5.91 Å². The van der Waals surface area contributed by atoms with Crippen LogP contribution in [0.2, 0.25) is 0 Å². The standard InChI is InChI=1S/C21H25N5O2/c1-2-10-24-11-6-9-19(24)21(28)25-12-13-26-17(15-25)14-18(23-26)20(27)22-16-7-4-3-5-8-16/h2-5,7-8,14,19H,1,6,9-13,15H2,(H,22,27)/t19-/m1/s1. The number of hydrogen-bond acceptors (Lipinski definition) is 4. The Morgan fingerprint density at radius 2 is 2.04 bits per heavy atom. The number of likely N-dealkylation sites (tertiary alicyclic amines) is 1. The minimum atomic E-state index is -0.237. The van der Waals surface area contributed by atoms with E-state index in [1.165, 1.54) is 0 Å². The van der Waals surface area contributed by atoms with E-state index < -0.39 is 0 Å². The number of carbonyl (C=O) groups excluding carboxylic acids is 2. The fourth-order valence-corrected chi connectivity index (χ4v) is 3.98. The van der Waals surface area contributed by atoms with Crippen molar-refractivity contribution in [1.82, 2.24) is 19.6 Å². The molecule has 3 heterocycles. The summed E-state index contributed by atoms with van der Waals surface area (Å²) < 4.78 is 1.83. The highest BCUT2D eigenvalue weighted by Crippen LogP contribution is 2.22. The predicted molar refractivity (Wildman–Crippen MR) is 107 cm³/mol. The molecule has 1 aromatic heterocycles. The molecule has 28 heavy (non-hydrogen) atoms. The number of para-hydroxylation sites is 1. The van der Waals surface area contributed by atoms with Crippen molar-refractivity contribution in [2.24, 2.45) is 0 Å². The van der Waals surface area contributed by atoms with E-state index in [4.69, 9.17) is 0 Å². The molecule has 1 aromatic carbocycles. The molecule has 146 valence electrons. The first-order chi connectivity index (χ1) is 13.7. The van der Waals surface area contributed by atoms with Crippen molar-refractivity contribution < 1.29 is 9.59 Å². The van der Waals surface area contributed by atoms with E-state index in [1.54, 1.807) is 6.07 Å². The average Bonchev–Trinajstić information content (AvgIpc) is 3.35. The van der Waals surface area contributed by atoms with Crippen LogP contribution in [0, 0.1) is 0 Å². The highest BCUT2D eigenvalue weighted by atomic mass is 16.2. The largest absolute Gasteiger partial charge is 0.334 e. The van der Waals surface area contributed by atoms with Gasteiger partial charge < -0.3 is 10.2 Å². The minimum Gasteiger partial charge on any atom is -0.334 e. The Labute approximate surface area is 164 Å². The van der Waals surface area contributed by atoms with Gasteiger partial charge in [0, 0.05) is 18.8 Å². The SMILES string of the molecule is C=CCN1CCC[C@@H]1C(=O)N1CCn2nc(C(=O)Nc3ccccc3)cc2C1. The molecular formula is C21H25N5O2. The van der Waals surface area contributed by atoms with E-state index in [1.807, 2.05) is 46.0 Å². The van der Waals surface area contributed by atoms with Crippen LogP contribution in [0.15, 0.2) is 49.1 Å². The zero-order chi connectivity index (χ0) is 19.5. The zero-order valence-corrected chi connectivity index (χ0v) is 15.9. The van der Waals surface area contributed by atoms with Gasteiger partial charge in [0.05, 0.1) is 24.8 Å². The van der Waals surface area contributed by atoms with E-state index in [0.29, 0.717) is 25.3 Å². The molecule has 1 atom stereocenters. The van der Waals surface area contributed by atoms with E-state index >= 15 is 0 Å². The summed E-state index contributed by atoms with van der Waals surface area (Å²) in [6.07, 6.45) is 3.79. The van der Waals surface area contributed by atoms with Crippen molar-refractivity contribution in [1.29, 1.82) is 0 Å². The molecule has 1 fully saturated rings. The van der Waals surface area contributed by atoms with Gasteiger partial charge in [-0.1, -0.05) is 24.3 Å². The van der Waals surface area contributed by atoms with Crippen LogP contribution >= 0.6 is 0 Å². The Morgan fingerprint density at radius 1 is 1.21 bits per heavy atom. The third-order valence-electron chi connectivity index (χ3n) is 5.39. The highest BCUT2D eigenvalue weighted by molar-refractivity contribution is 6.02. The maximum Gasteiger partial charge on any atom is 0.276 e. The lowest BCUT2D eigenvalue weighted by molar-refractivity contribution is -0.137. The molecule has 0 spiro atoms. The summed E-state index contributed by atoms with van der Waals surface area (Å²) in [7, 11) is 0. The number of carbonyl (C=O) groups is 2. The van der Waals surface area contributed by atoms with E-state index in [2.05, 4.69) is 21.9 Å². The molecule has 0 radical (unpaired) electrons. The van der Waals surface area contributed by atoms with Gasteiger partial charge >= 0.3 is 0 Å². The van der Waals surface area contributed by atoms with Crippen molar-refractivity contribution in [2.45, 2.75) is 32.0 Å². The Hall–Kier alpha value is -2.93. The van der Waals surface area contributed by atoms with Crippen molar-refractivity contribution in [3.63, 3.8) is 0 Å². The topological polar surface area (TPSA) is 70.5 Å². The van der Waals surface area contributed by atoms with Gasteiger partial charge in [0.15, 0.2) is 5.69 Å². The molecule has 2 aromatic rings. The van der Waals surface area contributed by atoms with Crippen molar-refractivity contribution >= 4 is 17.5 Å². The molecule has 2 aliphatic heterocycles. The lowest BCUT2D eigenvalue weighted by atomic mass is 10.1. The van der Waals surface area contributed by atoms with Crippen LogP contribution in [-0.4, -0.2) is 57.1 Å². The molecule has 2 amide bonds. The number of benzene rings is 1. The second-order valence-corrected chi connectivity index (χ2v) is 7.27. The Bertz CT molecular complexity index is 876. The van der Waals surface area contributed by atoms with Gasteiger partial charge in [-0.05, 0) is 37.6 Å². The van der Waals surface area contributed by atoms with Crippen molar-refractivity contribution in [2.75, 3.05) is 25.0 Å². The number of nitrogens with zero attached hydrogens (tertiary/aromatic N) is 4. The first-order valence-corrected chi connectivity index (χ1v) is 9.72. The fraction of sp³-hybridized carbons (Fsp3) is 0.381. The molecule has 7 heteroatoms. The summed E-state index contributed by atoms with van der Waals surface area (Å²) >= 11 is 0. The van der Waals surface area contributed by atoms with Crippen LogP contribution in [0.3, 0.4) is 0 Å². The summed E-state index contributed by atoms with van der Waals surface area (Å²) in [5, 5.41) is 7.28. The van der Waals surface area contributed by atoms with Crippen LogP contribution in [-0.2, 0) is 17.9 Å². The summed E-state index contributed by atoms with van der Waals surface area (Å²) in [5.41, 5.74) is 2.01. The first-order valence-electron chi connectivity index (χ1n) is 9.72. The van der Waals surface area contributed by atoms with Crippen LogP contribution in [0.4, 0.5) is 5.69 Å². The number of rotatable bonds is 5. The van der Waals surface area contributed by atoms with Crippen LogP contribution in [0.5, 0.6) is 0 Å². The quantitative estimate of drug-likeness (QED) is 0.808. The van der Waals surface area contributed by atoms with Gasteiger partial charge in [0.25, 0.3) is 5.91 Å². The molecule has 2 aliphatic rings. The van der Waals surface area contributed by atoms with Gasteiger partial charge in [-0.3, -0.25) is 19.2 Å². The molecule has 0 bridgehead atoms. The summed E-state index contributed by atoms with van der Waals surface area (Å²) in [5.74, 6) is -0.0685. The van der Waals surface area contributed by atoms with Gasteiger partial charge in [-0.25, -0.2) is 0 Å². The zero-order valence-electron chi connectivity index (χ0n) is 15.9. The number of aromatic nitrogens is 2. The fourth-order valence-electron chi connectivity index (χ4n) is 3.98. The molecule has 4 rings (SSSR count). The Balaban J connectivity index is 1.43. The third-order valence-corrected chi connectivity index (χ3v) is 5.39. The Morgan fingerprint density at radius 3 is 2.82 bits per heavy atom. The number of hydrogen-bond donors (Lipinski definition) is 1. The molecule has 0 aliphatic carbocycles. The maximum absolute atomic E-state index is 13.0. The summed E-state index contributed by atoms with van der Waals surface area (Å²) in [4.78, 5) is 29.6. The monoisotopic (exact) mass is 379 g/mol. The summed E-state index contributed by atoms with van der Waals surface area (Å²) in [6, 6.07) is 11.0. The second-order valence-electron chi connectivity index (χ2n) is 7.27. The van der Waals surface area contributed by atoms with Crippen LogP contribution < -0.4 is 5.32 Å². The average molecular weight is 379 g/mol. The molecule has 1 N–H and O–H groups in total. The van der Waals surface area contributed by atoms with Crippen molar-refractivity contribution in [3.8, 4) is 0 Å². The first kappa shape index (κ1) is 18.4. The third kappa shape index (κ3) is 3.71. The lowest BCUT2D eigenvalue weighted by Gasteiger charge is -2.32. The van der Waals surface area contributed by atoms with Crippen molar-refractivity contribution in [3.05, 3.63) is 60.4 Å². The molecular weight excluding hydrogens is 354 g/mol. The second kappa shape index (κ2) is 7.98. The lowest BCUT2D eigenvalue weighted by Crippen LogP contribution is -2.48. The van der Waals surface area contributed by atoms with Gasteiger partial charge in [-0.15, -0.1) is 6.58 Å². The Kier molecular flexibility index (Phi) is 5.25. The smallest absolute Gasteiger partial charge is 0.276 e. The summed E-state index contributed by atoms with van der Waals surface area (Å²) in [6.45, 7) is 7.19. The maximum atomic E-state index is 13.0. The van der Waals surface area contributed by atoms with Gasteiger partial charge in [0.1, 0.15) is 0 Å². The number of amides is 2. The van der Waals surface area contributed by atoms with Crippen LogP contribution in [0.1, 0.15) is 29.0 Å². The number of nitrogens with one attached hydrogen (secondary N) is 1. The number of fused-ring (bicyclic) bond motifs is 1. The number of anilines is 1. The molecule has 0 unspecified atom stereocenters.